The van der Waals surface area contributed by atoms with E-state index in [2.05, 4.69) is 15.5 Å². The highest BCUT2D eigenvalue weighted by molar-refractivity contribution is 6.30. The molecule has 0 spiro atoms. The van der Waals surface area contributed by atoms with Gasteiger partial charge in [0.1, 0.15) is 6.54 Å². The zero-order chi connectivity index (χ0) is 17.8. The van der Waals surface area contributed by atoms with Crippen molar-refractivity contribution in [2.45, 2.75) is 13.1 Å². The minimum Gasteiger partial charge on any atom is -0.476 e. The molecule has 1 amide bonds. The lowest BCUT2D eigenvalue weighted by molar-refractivity contribution is -0.116. The molecule has 0 unspecified atom stereocenters. The van der Waals surface area contributed by atoms with Crippen LogP contribution < -0.4 is 5.32 Å². The molecule has 3 rings (SSSR count). The van der Waals surface area contributed by atoms with E-state index < -0.39 is 5.97 Å². The summed E-state index contributed by atoms with van der Waals surface area (Å²) in [5.74, 6) is -1.44. The number of amides is 1. The van der Waals surface area contributed by atoms with Crippen LogP contribution in [0.2, 0.25) is 5.02 Å². The van der Waals surface area contributed by atoms with Crippen LogP contribution >= 0.6 is 11.6 Å². The van der Waals surface area contributed by atoms with E-state index >= 15 is 0 Å². The average molecular weight is 360 g/mol. The molecule has 2 N–H and O–H groups in total. The van der Waals surface area contributed by atoms with Crippen LogP contribution in [0.4, 0.5) is 5.69 Å². The second-order valence-corrected chi connectivity index (χ2v) is 5.74. The predicted molar refractivity (Wildman–Crippen MR) is 90.6 cm³/mol. The number of carboxylic acids is 1. The maximum Gasteiger partial charge on any atom is 0.356 e. The summed E-state index contributed by atoms with van der Waals surface area (Å²) in [6, 6.07) is 8.68. The molecular weight excluding hydrogens is 346 g/mol. The molecular formula is C16H14ClN5O3. The van der Waals surface area contributed by atoms with Crippen LogP contribution in [0.5, 0.6) is 0 Å². The Hall–Kier alpha value is -3.13. The number of nitrogens with one attached hydrogen (secondary N) is 1. The molecule has 0 aliphatic carbocycles. The molecule has 0 saturated heterocycles. The molecule has 0 aliphatic rings. The number of halogens is 1. The Bertz CT molecular complexity index is 918. The van der Waals surface area contributed by atoms with Crippen LogP contribution in [0.3, 0.4) is 0 Å². The van der Waals surface area contributed by atoms with E-state index in [1.165, 1.54) is 16.9 Å². The van der Waals surface area contributed by atoms with E-state index in [9.17, 15) is 9.59 Å². The number of aromatic nitrogens is 4. The van der Waals surface area contributed by atoms with Gasteiger partial charge in [-0.3, -0.25) is 14.2 Å². The van der Waals surface area contributed by atoms with Gasteiger partial charge in [0.05, 0.1) is 17.8 Å². The first-order chi connectivity index (χ1) is 12.0. The summed E-state index contributed by atoms with van der Waals surface area (Å²) in [7, 11) is 0. The van der Waals surface area contributed by atoms with Gasteiger partial charge in [-0.2, -0.15) is 10.2 Å². The van der Waals surface area contributed by atoms with Crippen molar-refractivity contribution in [2.24, 2.45) is 0 Å². The zero-order valence-electron chi connectivity index (χ0n) is 13.0. The number of aromatic carboxylic acids is 1. The third kappa shape index (κ3) is 4.45. The van der Waals surface area contributed by atoms with Crippen molar-refractivity contribution in [1.29, 1.82) is 0 Å². The Labute approximate surface area is 147 Å². The first-order valence-corrected chi connectivity index (χ1v) is 7.71. The van der Waals surface area contributed by atoms with Gasteiger partial charge in [-0.1, -0.05) is 23.7 Å². The molecule has 9 heteroatoms. The maximum atomic E-state index is 12.1. The number of hydrogen-bond donors (Lipinski definition) is 2. The van der Waals surface area contributed by atoms with Crippen LogP contribution in [0.1, 0.15) is 16.1 Å². The number of rotatable bonds is 6. The number of carbonyl (C=O) groups excluding carboxylic acids is 1. The second kappa shape index (κ2) is 7.18. The lowest BCUT2D eigenvalue weighted by Gasteiger charge is -2.08. The first kappa shape index (κ1) is 16.7. The van der Waals surface area contributed by atoms with E-state index in [-0.39, 0.29) is 18.1 Å². The van der Waals surface area contributed by atoms with E-state index in [1.54, 1.807) is 23.1 Å². The largest absolute Gasteiger partial charge is 0.476 e. The first-order valence-electron chi connectivity index (χ1n) is 7.33. The molecule has 128 valence electrons. The summed E-state index contributed by atoms with van der Waals surface area (Å²) < 4.78 is 2.97. The molecule has 1 aromatic carbocycles. The lowest BCUT2D eigenvalue weighted by atomic mass is 10.2. The number of benzene rings is 1. The van der Waals surface area contributed by atoms with Gasteiger partial charge in [0, 0.05) is 18.1 Å². The van der Waals surface area contributed by atoms with Crippen molar-refractivity contribution >= 4 is 29.2 Å². The van der Waals surface area contributed by atoms with Crippen molar-refractivity contribution in [2.75, 3.05) is 5.32 Å². The standard InChI is InChI=1S/C16H14ClN5O3/c17-12-7-18-22(9-12)8-11-2-1-3-13(6-11)19-15(23)10-21-5-4-14(20-21)16(24)25/h1-7,9H,8,10H2,(H,19,23)(H,24,25). The van der Waals surface area contributed by atoms with Crippen LogP contribution in [0.25, 0.3) is 0 Å². The smallest absolute Gasteiger partial charge is 0.356 e. The predicted octanol–water partition coefficient (Wildman–Crippen LogP) is 2.12. The fourth-order valence-corrected chi connectivity index (χ4v) is 2.43. The SMILES string of the molecule is O=C(Cn1ccc(C(=O)O)n1)Nc1cccc(Cn2cc(Cl)cn2)c1. The third-order valence-corrected chi connectivity index (χ3v) is 3.52. The molecule has 8 nitrogen and oxygen atoms in total. The molecule has 0 saturated carbocycles. The van der Waals surface area contributed by atoms with Gasteiger partial charge in [0.2, 0.25) is 5.91 Å². The molecule has 0 bridgehead atoms. The number of nitrogens with zero attached hydrogens (tertiary/aromatic N) is 4. The quantitative estimate of drug-likeness (QED) is 0.701. The van der Waals surface area contributed by atoms with Gasteiger partial charge >= 0.3 is 5.97 Å². The highest BCUT2D eigenvalue weighted by Gasteiger charge is 2.10. The number of anilines is 1. The van der Waals surface area contributed by atoms with Crippen LogP contribution in [-0.4, -0.2) is 36.5 Å². The summed E-state index contributed by atoms with van der Waals surface area (Å²) in [4.78, 5) is 22.9. The van der Waals surface area contributed by atoms with Crippen molar-refractivity contribution in [3.63, 3.8) is 0 Å². The second-order valence-electron chi connectivity index (χ2n) is 5.31. The van der Waals surface area contributed by atoms with Crippen molar-refractivity contribution < 1.29 is 14.7 Å². The van der Waals surface area contributed by atoms with Gasteiger partial charge < -0.3 is 10.4 Å². The summed E-state index contributed by atoms with van der Waals surface area (Å²) in [5.41, 5.74) is 1.48. The zero-order valence-corrected chi connectivity index (χ0v) is 13.7. The maximum absolute atomic E-state index is 12.1. The Balaban J connectivity index is 1.62. The summed E-state index contributed by atoms with van der Waals surface area (Å²) in [6.45, 7) is 0.448. The number of hydrogen-bond acceptors (Lipinski definition) is 4. The third-order valence-electron chi connectivity index (χ3n) is 3.32. The molecule has 0 atom stereocenters. The van der Waals surface area contributed by atoms with E-state index in [0.717, 1.165) is 5.56 Å². The Morgan fingerprint density at radius 2 is 2.08 bits per heavy atom. The highest BCUT2D eigenvalue weighted by Crippen LogP contribution is 2.13. The number of carbonyl (C=O) groups is 2. The molecule has 0 aliphatic heterocycles. The molecule has 2 aromatic heterocycles. The normalized spacial score (nSPS) is 10.6. The Morgan fingerprint density at radius 3 is 2.76 bits per heavy atom. The fraction of sp³-hybridized carbons (Fsp3) is 0.125. The summed E-state index contributed by atoms with van der Waals surface area (Å²) in [5, 5.41) is 20.1. The highest BCUT2D eigenvalue weighted by atomic mass is 35.5. The Kier molecular flexibility index (Phi) is 4.80. The molecule has 0 fully saturated rings. The molecule has 0 radical (unpaired) electrons. The van der Waals surface area contributed by atoms with Crippen molar-refractivity contribution in [3.05, 3.63) is 65.2 Å². The van der Waals surface area contributed by atoms with Crippen LogP contribution in [0.15, 0.2) is 48.9 Å². The average Bonchev–Trinajstić information content (AvgIpc) is 3.17. The lowest BCUT2D eigenvalue weighted by Crippen LogP contribution is -2.19. The monoisotopic (exact) mass is 359 g/mol. The summed E-state index contributed by atoms with van der Waals surface area (Å²) >= 11 is 5.84. The summed E-state index contributed by atoms with van der Waals surface area (Å²) in [6.07, 6.45) is 4.72. The van der Waals surface area contributed by atoms with Gasteiger partial charge in [0.25, 0.3) is 0 Å². The minimum absolute atomic E-state index is 0.0771. The van der Waals surface area contributed by atoms with Crippen LogP contribution in [-0.2, 0) is 17.9 Å². The van der Waals surface area contributed by atoms with Gasteiger partial charge in [-0.15, -0.1) is 0 Å². The van der Waals surface area contributed by atoms with Crippen molar-refractivity contribution in [3.8, 4) is 0 Å². The topological polar surface area (TPSA) is 102 Å². The fourth-order valence-electron chi connectivity index (χ4n) is 2.27. The van der Waals surface area contributed by atoms with Gasteiger partial charge in [0.15, 0.2) is 5.69 Å². The molecule has 25 heavy (non-hydrogen) atoms. The minimum atomic E-state index is -1.13. The van der Waals surface area contributed by atoms with E-state index in [1.807, 2.05) is 18.2 Å². The van der Waals surface area contributed by atoms with E-state index in [0.29, 0.717) is 17.3 Å². The Morgan fingerprint density at radius 1 is 1.24 bits per heavy atom. The molecule has 2 heterocycles. The van der Waals surface area contributed by atoms with Gasteiger partial charge in [-0.05, 0) is 23.8 Å². The number of carboxylic acid groups (broad SMARTS) is 1. The molecule has 3 aromatic rings. The van der Waals surface area contributed by atoms with Gasteiger partial charge in [-0.25, -0.2) is 4.79 Å². The van der Waals surface area contributed by atoms with E-state index in [4.69, 9.17) is 16.7 Å². The van der Waals surface area contributed by atoms with Crippen molar-refractivity contribution in [1.82, 2.24) is 19.6 Å². The van der Waals surface area contributed by atoms with Crippen LogP contribution in [0, 0.1) is 0 Å².